The van der Waals surface area contributed by atoms with Crippen LogP contribution in [0.15, 0.2) is 105 Å². The van der Waals surface area contributed by atoms with Gasteiger partial charge in [0.2, 0.25) is 0 Å². The van der Waals surface area contributed by atoms with Crippen molar-refractivity contribution in [3.05, 3.63) is 203 Å². The topological polar surface area (TPSA) is 262 Å². The highest BCUT2D eigenvalue weighted by molar-refractivity contribution is 7.17. The van der Waals surface area contributed by atoms with Crippen molar-refractivity contribution >= 4 is 84.6 Å². The molecular formula is C98H124N18O3S3. The lowest BCUT2D eigenvalue weighted by Gasteiger charge is -2.21. The number of hydrogen-bond donors (Lipinski definition) is 0. The van der Waals surface area contributed by atoms with Crippen LogP contribution in [-0.2, 0) is 0 Å². The molecule has 0 aliphatic heterocycles. The summed E-state index contributed by atoms with van der Waals surface area (Å²) in [7, 11) is 0. The van der Waals surface area contributed by atoms with Gasteiger partial charge in [-0.25, -0.2) is 29.9 Å². The van der Waals surface area contributed by atoms with E-state index < -0.39 is 16.7 Å². The van der Waals surface area contributed by atoms with Crippen molar-refractivity contribution in [2.24, 2.45) is 0 Å². The number of pyridine rings is 3. The monoisotopic (exact) mass is 1700 g/mol. The van der Waals surface area contributed by atoms with Gasteiger partial charge in [0, 0.05) is 89.4 Å². The highest BCUT2D eigenvalue weighted by atomic mass is 32.1. The summed E-state index contributed by atoms with van der Waals surface area (Å²) >= 11 is 4.99. The van der Waals surface area contributed by atoms with E-state index in [0.717, 1.165) is 241 Å². The van der Waals surface area contributed by atoms with Gasteiger partial charge in [-0.2, -0.15) is 29.3 Å². The van der Waals surface area contributed by atoms with Crippen LogP contribution in [0.4, 0.5) is 15.4 Å². The molecule has 2 atom stereocenters. The van der Waals surface area contributed by atoms with Crippen LogP contribution in [0.25, 0.3) is 68.9 Å². The molecule has 0 saturated carbocycles. The number of unbranched alkanes of at least 4 members (excludes halogenated alkanes) is 9. The quantitative estimate of drug-likeness (QED) is 0.0322. The van der Waals surface area contributed by atoms with E-state index in [0.29, 0.717) is 51.1 Å². The third kappa shape index (κ3) is 22.2. The maximum atomic E-state index is 13.3. The summed E-state index contributed by atoms with van der Waals surface area (Å²) in [5.41, 5.74) is 8.35. The number of anilines is 3. The van der Waals surface area contributed by atoms with Crippen molar-refractivity contribution in [3.8, 4) is 52.0 Å². The molecule has 642 valence electrons. The summed E-state index contributed by atoms with van der Waals surface area (Å²) < 4.78 is 4.02. The van der Waals surface area contributed by atoms with Crippen molar-refractivity contribution < 1.29 is 0 Å². The van der Waals surface area contributed by atoms with Gasteiger partial charge in [0.05, 0.1) is 31.7 Å². The Balaban J connectivity index is 0.000000192. The number of aromatic nitrogens is 12. The van der Waals surface area contributed by atoms with Crippen LogP contribution < -0.4 is 47.0 Å². The standard InChI is InChI=1S/2C33H42N6OS.C32H40N6OS/c1-6-10-15-19-38(20-16-11-7-2)33-35-29(25-17-13-12-14-18-25)28(41-33)21-26-23(5)27(22-34)32(40)39-31(26)36-30(37-39)24(8-3)9-4;1-6-10-16-24(9-4)30-36-31-26(23(5)27(22-34)32(40)39(31)37-30)21-28-29(25-17-14-13-15-18-25)35-33(41-28)38(19-11-7-2)20-12-8-3;1-6-10-18-37(19-11-7-2)32-34-28(24-16-13-12-14-17-24)27(40-32)20-25-22(5)26(21-33)31(39)38-30(25)35-29(36-38)23(9-4)15-8-3/h12-14,17-18,21,24H,6-11,15-16,19-20H2,1-5H3;13-15,17-18,21,24H,6-12,16,19-20H2,1-5H3;12-14,16-17,20,23H,6-11,15,18-19H2,1-5H3/b2*26-21+;25-20+. The molecule has 0 aliphatic rings. The predicted molar refractivity (Wildman–Crippen MR) is 504 cm³/mol. The molecule has 21 nitrogen and oxygen atoms in total. The molecule has 0 radical (unpaired) electrons. The number of thiazole rings is 3. The van der Waals surface area contributed by atoms with Gasteiger partial charge in [0.25, 0.3) is 16.7 Å². The Bertz CT molecular complexity index is 5900. The fourth-order valence-corrected chi connectivity index (χ4v) is 18.7. The lowest BCUT2D eigenvalue weighted by Crippen LogP contribution is -2.27. The molecule has 0 amide bonds. The first-order chi connectivity index (χ1) is 59.4. The Labute approximate surface area is 732 Å². The molecule has 0 fully saturated rings. The summed E-state index contributed by atoms with van der Waals surface area (Å²) in [6.45, 7) is 37.5. The van der Waals surface area contributed by atoms with E-state index in [1.165, 1.54) is 39.2 Å². The molecule has 0 spiro atoms. The van der Waals surface area contributed by atoms with E-state index in [2.05, 4.69) is 186 Å². The molecule has 122 heavy (non-hydrogen) atoms. The largest absolute Gasteiger partial charge is 0.348 e. The maximum absolute atomic E-state index is 13.3. The summed E-state index contributed by atoms with van der Waals surface area (Å²) in [6, 6.07) is 37.1. The maximum Gasteiger partial charge on any atom is 0.291 e. The predicted octanol–water partition coefficient (Wildman–Crippen LogP) is 20.7. The van der Waals surface area contributed by atoms with Gasteiger partial charge >= 0.3 is 0 Å². The van der Waals surface area contributed by atoms with Crippen LogP contribution in [0, 0.1) is 54.8 Å². The highest BCUT2D eigenvalue weighted by Gasteiger charge is 2.28. The lowest BCUT2D eigenvalue weighted by atomic mass is 9.99. The normalized spacial score (nSPS) is 12.4. The number of nitriles is 3. The van der Waals surface area contributed by atoms with E-state index >= 15 is 0 Å². The Morgan fingerprint density at radius 1 is 0.344 bits per heavy atom. The van der Waals surface area contributed by atoms with E-state index in [1.54, 1.807) is 34.0 Å². The first kappa shape index (κ1) is 93.6. The number of fused-ring (bicyclic) bond motifs is 3. The molecule has 0 aliphatic carbocycles. The third-order valence-electron chi connectivity index (χ3n) is 23.0. The van der Waals surface area contributed by atoms with Crippen molar-refractivity contribution in [1.29, 1.82) is 15.8 Å². The minimum Gasteiger partial charge on any atom is -0.348 e. The summed E-state index contributed by atoms with van der Waals surface area (Å²) in [5.74, 6) is 2.51. The molecule has 0 N–H and O–H groups in total. The average Bonchev–Trinajstić information content (AvgIpc) is 1.60. The minimum absolute atomic E-state index is 0.108. The molecule has 24 heteroatoms. The Kier molecular flexibility index (Phi) is 35.7. The molecule has 9 heterocycles. The minimum atomic E-state index is -0.409. The third-order valence-corrected chi connectivity index (χ3v) is 26.2. The second-order valence-corrected chi connectivity index (χ2v) is 34.7. The van der Waals surface area contributed by atoms with E-state index in [-0.39, 0.29) is 34.4 Å². The van der Waals surface area contributed by atoms with Crippen LogP contribution >= 0.6 is 34.0 Å². The van der Waals surface area contributed by atoms with Gasteiger partial charge in [-0.3, -0.25) is 14.4 Å². The zero-order chi connectivity index (χ0) is 87.4. The fourth-order valence-electron chi connectivity index (χ4n) is 15.4. The SMILES string of the molecule is CCCCC(CC)c1nc2/c(=C/c3sc(N(CCCC)CCCC)nc3-c3ccccc3)c(C)c(C#N)c(=O)n2n1.CCCCCN(CCCCC)c1nc(-c2ccccc2)c(/C=c2\c(C)c(C#N)c(=O)n3nc(C(CC)CC)nc23)s1.CCCCN(CCCC)c1nc(-c2ccccc2)c(/C=c2\c(C)c(C#N)c(=O)n3nc(C(CC)CCC)nc23)s1. The first-order valence-corrected chi connectivity index (χ1v) is 47.3. The zero-order valence-corrected chi connectivity index (χ0v) is 77.1. The van der Waals surface area contributed by atoms with Gasteiger partial charge in [-0.1, -0.05) is 279 Å². The highest BCUT2D eigenvalue weighted by Crippen LogP contribution is 2.39. The second kappa shape index (κ2) is 46.5. The van der Waals surface area contributed by atoms with Crippen LogP contribution in [-0.4, -0.2) is 98.0 Å². The van der Waals surface area contributed by atoms with E-state index in [1.807, 2.05) is 75.4 Å². The molecule has 12 rings (SSSR count). The molecule has 9 aromatic heterocycles. The van der Waals surface area contributed by atoms with Crippen LogP contribution in [0.3, 0.4) is 0 Å². The Morgan fingerprint density at radius 3 is 0.877 bits per heavy atom. The number of benzene rings is 3. The number of hydrogen-bond acceptors (Lipinski definition) is 21. The van der Waals surface area contributed by atoms with Gasteiger partial charge in [-0.15, -0.1) is 15.3 Å². The van der Waals surface area contributed by atoms with Gasteiger partial charge < -0.3 is 14.7 Å². The Hall–Kier alpha value is -10.7. The zero-order valence-electron chi connectivity index (χ0n) is 74.6. The molecular weight excluding hydrogens is 1570 g/mol. The van der Waals surface area contributed by atoms with Crippen molar-refractivity contribution in [2.75, 3.05) is 54.0 Å². The fraction of sp³-hybridized carbons (Fsp3) is 0.480. The number of rotatable bonds is 41. The molecule has 0 saturated heterocycles. The van der Waals surface area contributed by atoms with Crippen LogP contribution in [0.5, 0.6) is 0 Å². The summed E-state index contributed by atoms with van der Waals surface area (Å²) in [5, 5.41) is 49.0. The number of nitrogens with zero attached hydrogens (tertiary/aromatic N) is 18. The second-order valence-electron chi connectivity index (χ2n) is 31.7. The first-order valence-electron chi connectivity index (χ1n) is 44.9. The van der Waals surface area contributed by atoms with Crippen LogP contribution in [0.2, 0.25) is 0 Å². The Morgan fingerprint density at radius 2 is 0.615 bits per heavy atom. The van der Waals surface area contributed by atoms with Crippen molar-refractivity contribution in [3.63, 3.8) is 0 Å². The van der Waals surface area contributed by atoms with E-state index in [9.17, 15) is 30.2 Å². The molecule has 12 aromatic rings. The average molecular weight is 1700 g/mol. The molecule has 0 bridgehead atoms. The van der Waals surface area contributed by atoms with Crippen molar-refractivity contribution in [1.82, 2.24) is 58.7 Å². The van der Waals surface area contributed by atoms with E-state index in [4.69, 9.17) is 29.9 Å². The summed E-state index contributed by atoms with van der Waals surface area (Å²) in [6.07, 6.45) is 30.8. The van der Waals surface area contributed by atoms with Gasteiger partial charge in [0.1, 0.15) is 34.9 Å². The van der Waals surface area contributed by atoms with Gasteiger partial charge in [0.15, 0.2) is 49.8 Å². The van der Waals surface area contributed by atoms with Crippen molar-refractivity contribution in [2.45, 2.75) is 269 Å². The molecule has 2 unspecified atom stereocenters. The lowest BCUT2D eigenvalue weighted by molar-refractivity contribution is 0.542. The van der Waals surface area contributed by atoms with Crippen LogP contribution in [0.1, 0.15) is 314 Å². The smallest absolute Gasteiger partial charge is 0.291 e. The summed E-state index contributed by atoms with van der Waals surface area (Å²) in [4.78, 5) is 80.3. The molecule has 3 aromatic carbocycles. The van der Waals surface area contributed by atoms with Gasteiger partial charge in [-0.05, 0) is 133 Å².